The predicted molar refractivity (Wildman–Crippen MR) is 88.2 cm³/mol. The van der Waals surface area contributed by atoms with Crippen molar-refractivity contribution in [2.24, 2.45) is 0 Å². The number of carbonyl (C=O) groups excluding carboxylic acids is 2. The Morgan fingerprint density at radius 1 is 1.22 bits per heavy atom. The summed E-state index contributed by atoms with van der Waals surface area (Å²) in [5, 5.41) is 2.90. The van der Waals surface area contributed by atoms with Crippen molar-refractivity contribution in [2.45, 2.75) is 26.3 Å². The van der Waals surface area contributed by atoms with Crippen molar-refractivity contribution in [2.75, 3.05) is 11.4 Å². The zero-order chi connectivity index (χ0) is 16.2. The molecule has 0 spiro atoms. The van der Waals surface area contributed by atoms with E-state index in [1.54, 1.807) is 11.1 Å². The molecule has 1 aromatic heterocycles. The van der Waals surface area contributed by atoms with E-state index < -0.39 is 0 Å². The standard InChI is InChI=1S/C18H19N3O2/c1-2-17(22)21-11-9-14-15(7-5-8-16(14)21)18(23)20-12-13-6-3-4-10-19-13/h3-8,10H,2,9,11-12H2,1H3,(H,20,23). The molecule has 5 nitrogen and oxygen atoms in total. The molecular formula is C18H19N3O2. The number of nitrogens with one attached hydrogen (secondary N) is 1. The lowest BCUT2D eigenvalue weighted by Crippen LogP contribution is -2.27. The molecule has 0 saturated heterocycles. The summed E-state index contributed by atoms with van der Waals surface area (Å²) >= 11 is 0. The summed E-state index contributed by atoms with van der Waals surface area (Å²) in [6.07, 6.45) is 2.89. The van der Waals surface area contributed by atoms with Crippen molar-refractivity contribution in [1.29, 1.82) is 0 Å². The highest BCUT2D eigenvalue weighted by Crippen LogP contribution is 2.31. The maximum Gasteiger partial charge on any atom is 0.251 e. The van der Waals surface area contributed by atoms with E-state index in [9.17, 15) is 9.59 Å². The molecular weight excluding hydrogens is 290 g/mol. The average molecular weight is 309 g/mol. The average Bonchev–Trinajstić information content (AvgIpc) is 3.04. The van der Waals surface area contributed by atoms with Gasteiger partial charge in [0.25, 0.3) is 5.91 Å². The Bertz CT molecular complexity index is 728. The fraction of sp³-hybridized carbons (Fsp3) is 0.278. The van der Waals surface area contributed by atoms with E-state index in [1.165, 1.54) is 0 Å². The Morgan fingerprint density at radius 3 is 2.83 bits per heavy atom. The molecule has 1 aliphatic heterocycles. The molecule has 0 atom stereocenters. The zero-order valence-corrected chi connectivity index (χ0v) is 13.1. The highest BCUT2D eigenvalue weighted by atomic mass is 16.2. The van der Waals surface area contributed by atoms with E-state index >= 15 is 0 Å². The van der Waals surface area contributed by atoms with Crippen LogP contribution < -0.4 is 10.2 Å². The van der Waals surface area contributed by atoms with Crippen LogP contribution in [0.25, 0.3) is 0 Å². The molecule has 2 aromatic rings. The number of nitrogens with zero attached hydrogens (tertiary/aromatic N) is 2. The van der Waals surface area contributed by atoms with E-state index in [0.29, 0.717) is 31.5 Å². The quantitative estimate of drug-likeness (QED) is 0.942. The molecule has 118 valence electrons. The highest BCUT2D eigenvalue weighted by molar-refractivity contribution is 6.01. The van der Waals surface area contributed by atoms with Crippen LogP contribution >= 0.6 is 0 Å². The Morgan fingerprint density at radius 2 is 2.09 bits per heavy atom. The first kappa shape index (κ1) is 15.2. The first-order valence-electron chi connectivity index (χ1n) is 7.81. The minimum atomic E-state index is -0.127. The summed E-state index contributed by atoms with van der Waals surface area (Å²) in [4.78, 5) is 30.4. The monoisotopic (exact) mass is 309 g/mol. The van der Waals surface area contributed by atoms with Gasteiger partial charge in [0, 0.05) is 30.4 Å². The Kier molecular flexibility index (Phi) is 4.37. The topological polar surface area (TPSA) is 62.3 Å². The second-order valence-corrected chi connectivity index (χ2v) is 5.46. The largest absolute Gasteiger partial charge is 0.346 e. The van der Waals surface area contributed by atoms with Crippen LogP contribution in [0.1, 0.15) is 35.0 Å². The summed E-state index contributed by atoms with van der Waals surface area (Å²) in [5.41, 5.74) is 3.27. The molecule has 0 saturated carbocycles. The van der Waals surface area contributed by atoms with Gasteiger partial charge in [-0.2, -0.15) is 0 Å². The molecule has 1 aromatic carbocycles. The number of benzene rings is 1. The van der Waals surface area contributed by atoms with Crippen LogP contribution in [-0.2, 0) is 17.8 Å². The van der Waals surface area contributed by atoms with E-state index in [0.717, 1.165) is 16.9 Å². The summed E-state index contributed by atoms with van der Waals surface area (Å²) < 4.78 is 0. The van der Waals surface area contributed by atoms with Gasteiger partial charge in [0.15, 0.2) is 0 Å². The van der Waals surface area contributed by atoms with Crippen LogP contribution in [0.15, 0.2) is 42.6 Å². The van der Waals surface area contributed by atoms with Gasteiger partial charge in [0.05, 0.1) is 12.2 Å². The highest BCUT2D eigenvalue weighted by Gasteiger charge is 2.27. The molecule has 0 aliphatic carbocycles. The third kappa shape index (κ3) is 3.08. The number of hydrogen-bond donors (Lipinski definition) is 1. The van der Waals surface area contributed by atoms with E-state index in [1.807, 2.05) is 43.3 Å². The lowest BCUT2D eigenvalue weighted by Gasteiger charge is -2.16. The molecule has 5 heteroatoms. The molecule has 0 bridgehead atoms. The molecule has 3 rings (SSSR count). The number of carbonyl (C=O) groups is 2. The third-order valence-electron chi connectivity index (χ3n) is 4.03. The molecule has 1 aliphatic rings. The first-order chi connectivity index (χ1) is 11.2. The van der Waals surface area contributed by atoms with Gasteiger partial charge in [0.1, 0.15) is 0 Å². The van der Waals surface area contributed by atoms with Gasteiger partial charge in [-0.05, 0) is 36.2 Å². The SMILES string of the molecule is CCC(=O)N1CCc2c(C(=O)NCc3ccccn3)cccc21. The summed E-state index contributed by atoms with van der Waals surface area (Å²) in [5.74, 6) is -0.0342. The van der Waals surface area contributed by atoms with Gasteiger partial charge in [0.2, 0.25) is 5.91 Å². The zero-order valence-electron chi connectivity index (χ0n) is 13.1. The number of hydrogen-bond acceptors (Lipinski definition) is 3. The number of amides is 2. The van der Waals surface area contributed by atoms with Crippen molar-refractivity contribution in [3.05, 3.63) is 59.4 Å². The predicted octanol–water partition coefficient (Wildman–Crippen LogP) is 2.31. The number of pyridine rings is 1. The van der Waals surface area contributed by atoms with Crippen LogP contribution in [0.3, 0.4) is 0 Å². The van der Waals surface area contributed by atoms with Gasteiger partial charge >= 0.3 is 0 Å². The number of rotatable bonds is 4. The van der Waals surface area contributed by atoms with Crippen molar-refractivity contribution in [3.63, 3.8) is 0 Å². The van der Waals surface area contributed by atoms with Gasteiger partial charge in [-0.25, -0.2) is 0 Å². The Balaban J connectivity index is 1.77. The van der Waals surface area contributed by atoms with Gasteiger partial charge in [-0.15, -0.1) is 0 Å². The Labute approximate surface area is 135 Å². The van der Waals surface area contributed by atoms with Crippen LogP contribution in [-0.4, -0.2) is 23.3 Å². The van der Waals surface area contributed by atoms with Crippen molar-refractivity contribution in [1.82, 2.24) is 10.3 Å². The third-order valence-corrected chi connectivity index (χ3v) is 4.03. The maximum absolute atomic E-state index is 12.5. The van der Waals surface area contributed by atoms with Crippen LogP contribution in [0, 0.1) is 0 Å². The molecule has 2 heterocycles. The smallest absolute Gasteiger partial charge is 0.251 e. The molecule has 0 unspecified atom stereocenters. The number of anilines is 1. The maximum atomic E-state index is 12.5. The van der Waals surface area contributed by atoms with E-state index in [-0.39, 0.29) is 11.8 Å². The van der Waals surface area contributed by atoms with Crippen LogP contribution in [0.5, 0.6) is 0 Å². The van der Waals surface area contributed by atoms with Crippen molar-refractivity contribution < 1.29 is 9.59 Å². The van der Waals surface area contributed by atoms with Crippen LogP contribution in [0.4, 0.5) is 5.69 Å². The van der Waals surface area contributed by atoms with E-state index in [4.69, 9.17) is 0 Å². The fourth-order valence-electron chi connectivity index (χ4n) is 2.87. The summed E-state index contributed by atoms with van der Waals surface area (Å²) in [7, 11) is 0. The summed E-state index contributed by atoms with van der Waals surface area (Å²) in [6.45, 7) is 2.89. The van der Waals surface area contributed by atoms with Gasteiger partial charge in [-0.1, -0.05) is 19.1 Å². The lowest BCUT2D eigenvalue weighted by atomic mass is 10.0. The molecule has 23 heavy (non-hydrogen) atoms. The minimum Gasteiger partial charge on any atom is -0.346 e. The van der Waals surface area contributed by atoms with Crippen molar-refractivity contribution >= 4 is 17.5 Å². The van der Waals surface area contributed by atoms with E-state index in [2.05, 4.69) is 10.3 Å². The van der Waals surface area contributed by atoms with Crippen LogP contribution in [0.2, 0.25) is 0 Å². The number of fused-ring (bicyclic) bond motifs is 1. The molecule has 0 radical (unpaired) electrons. The first-order valence-corrected chi connectivity index (χ1v) is 7.81. The molecule has 2 amide bonds. The normalized spacial score (nSPS) is 12.8. The fourth-order valence-corrected chi connectivity index (χ4v) is 2.87. The Hall–Kier alpha value is -2.69. The van der Waals surface area contributed by atoms with Gasteiger partial charge < -0.3 is 10.2 Å². The van der Waals surface area contributed by atoms with Gasteiger partial charge in [-0.3, -0.25) is 14.6 Å². The minimum absolute atomic E-state index is 0.0924. The second-order valence-electron chi connectivity index (χ2n) is 5.46. The second kappa shape index (κ2) is 6.60. The number of aromatic nitrogens is 1. The van der Waals surface area contributed by atoms with Crippen molar-refractivity contribution in [3.8, 4) is 0 Å². The summed E-state index contributed by atoms with van der Waals surface area (Å²) in [6, 6.07) is 11.2. The molecule has 0 fully saturated rings. The lowest BCUT2D eigenvalue weighted by molar-refractivity contribution is -0.118. The molecule has 1 N–H and O–H groups in total.